The maximum Gasteiger partial charge on any atom is 0.335 e. The van der Waals surface area contributed by atoms with Gasteiger partial charge in [0.1, 0.15) is 17.9 Å². The number of fused-ring (bicyclic) bond motifs is 2. The fourth-order valence-electron chi connectivity index (χ4n) is 4.29. The van der Waals surface area contributed by atoms with Crippen molar-refractivity contribution in [2.75, 3.05) is 0 Å². The lowest BCUT2D eigenvalue weighted by atomic mass is 10.1. The Morgan fingerprint density at radius 2 is 1.73 bits per heavy atom. The number of benzene rings is 4. The Morgan fingerprint density at radius 1 is 0.976 bits per heavy atom. The number of carboxylic acid groups (broad SMARTS) is 1. The highest BCUT2D eigenvalue weighted by molar-refractivity contribution is 6.31. The second kappa shape index (κ2) is 10.9. The highest BCUT2D eigenvalue weighted by atomic mass is 35.5. The molecule has 0 aliphatic heterocycles. The van der Waals surface area contributed by atoms with Crippen molar-refractivity contribution in [3.8, 4) is 17.3 Å². The molecule has 0 atom stereocenters. The number of carboxylic acids is 1. The fourth-order valence-corrected chi connectivity index (χ4v) is 4.65. The largest absolute Gasteiger partial charge is 0.488 e. The number of rotatable bonds is 7. The molecule has 1 N–H and O–H groups in total. The number of para-hydroxylation sites is 1. The van der Waals surface area contributed by atoms with E-state index >= 15 is 0 Å². The third-order valence-corrected chi connectivity index (χ3v) is 6.80. The van der Waals surface area contributed by atoms with E-state index in [1.165, 1.54) is 23.0 Å². The fraction of sp³-hybridized carbons (Fsp3) is 0.0323. The van der Waals surface area contributed by atoms with Crippen LogP contribution in [0.2, 0.25) is 10.0 Å². The van der Waals surface area contributed by atoms with Gasteiger partial charge in [0.05, 0.1) is 22.7 Å². The molecular formula is C31H19Cl2N3O5. The molecule has 0 fully saturated rings. The molecule has 4 aromatic carbocycles. The van der Waals surface area contributed by atoms with E-state index in [2.05, 4.69) is 5.10 Å². The van der Waals surface area contributed by atoms with Crippen LogP contribution in [-0.2, 0) is 6.61 Å². The van der Waals surface area contributed by atoms with Crippen molar-refractivity contribution in [3.63, 3.8) is 0 Å². The average Bonchev–Trinajstić information content (AvgIpc) is 3.39. The zero-order valence-corrected chi connectivity index (χ0v) is 22.6. The van der Waals surface area contributed by atoms with Crippen molar-refractivity contribution in [2.24, 2.45) is 5.10 Å². The monoisotopic (exact) mass is 583 g/mol. The second-order valence-electron chi connectivity index (χ2n) is 9.08. The number of carbonyl (C=O) groups is 1. The van der Waals surface area contributed by atoms with E-state index in [1.807, 2.05) is 0 Å². The molecule has 6 rings (SSSR count). The van der Waals surface area contributed by atoms with Crippen molar-refractivity contribution in [1.29, 1.82) is 0 Å². The Kier molecular flexibility index (Phi) is 7.01. The van der Waals surface area contributed by atoms with Crippen molar-refractivity contribution in [2.45, 2.75) is 6.61 Å². The summed E-state index contributed by atoms with van der Waals surface area (Å²) in [6, 6.07) is 25.4. The first-order chi connectivity index (χ1) is 19.9. The lowest BCUT2D eigenvalue weighted by Gasteiger charge is -2.11. The van der Waals surface area contributed by atoms with Crippen LogP contribution in [0.15, 0.2) is 105 Å². The van der Waals surface area contributed by atoms with Gasteiger partial charge >= 0.3 is 5.97 Å². The summed E-state index contributed by atoms with van der Waals surface area (Å²) in [5.74, 6) is 0.00928. The molecule has 0 aliphatic carbocycles. The minimum absolute atomic E-state index is 0.173. The molecule has 2 heterocycles. The molecular weight excluding hydrogens is 565 g/mol. The maximum absolute atomic E-state index is 13.6. The highest BCUT2D eigenvalue weighted by Crippen LogP contribution is 2.29. The standard InChI is InChI=1S/C31H19Cl2N3O5/c32-22-10-12-27-20(13-22)15-28(41-27)29-35-25-4-2-1-3-24(25)30(37)36(29)34-16-21-14-23(33)9-11-26(21)40-17-18-5-7-19(8-6-18)31(38)39/h1-16H,17H2,(H,38,39). The van der Waals surface area contributed by atoms with Crippen LogP contribution in [0.5, 0.6) is 5.75 Å². The van der Waals surface area contributed by atoms with Crippen molar-refractivity contribution in [3.05, 3.63) is 128 Å². The van der Waals surface area contributed by atoms with Crippen LogP contribution in [-0.4, -0.2) is 27.0 Å². The quantitative estimate of drug-likeness (QED) is 0.198. The third-order valence-electron chi connectivity index (χ3n) is 6.33. The molecule has 8 nitrogen and oxygen atoms in total. The van der Waals surface area contributed by atoms with Gasteiger partial charge < -0.3 is 14.3 Å². The van der Waals surface area contributed by atoms with Gasteiger partial charge in [0.15, 0.2) is 5.76 Å². The van der Waals surface area contributed by atoms with Gasteiger partial charge in [-0.25, -0.2) is 9.78 Å². The first kappa shape index (κ1) is 26.3. The van der Waals surface area contributed by atoms with Gasteiger partial charge in [-0.3, -0.25) is 4.79 Å². The number of halogens is 2. The van der Waals surface area contributed by atoms with Crippen LogP contribution < -0.4 is 10.3 Å². The highest BCUT2D eigenvalue weighted by Gasteiger charge is 2.17. The summed E-state index contributed by atoms with van der Waals surface area (Å²) in [6.45, 7) is 0.173. The van der Waals surface area contributed by atoms with Crippen molar-refractivity contribution >= 4 is 57.3 Å². The zero-order valence-electron chi connectivity index (χ0n) is 21.1. The van der Waals surface area contributed by atoms with Gasteiger partial charge in [0.25, 0.3) is 5.56 Å². The molecule has 0 saturated heterocycles. The number of ether oxygens (including phenoxy) is 1. The van der Waals surface area contributed by atoms with E-state index in [9.17, 15) is 9.59 Å². The van der Waals surface area contributed by atoms with E-state index in [4.69, 9.17) is 42.4 Å². The Labute approximate surface area is 242 Å². The summed E-state index contributed by atoms with van der Waals surface area (Å²) in [6.07, 6.45) is 1.47. The topological polar surface area (TPSA) is 107 Å². The van der Waals surface area contributed by atoms with Crippen LogP contribution in [0.1, 0.15) is 21.5 Å². The Morgan fingerprint density at radius 3 is 2.54 bits per heavy atom. The summed E-state index contributed by atoms with van der Waals surface area (Å²) >= 11 is 12.4. The predicted molar refractivity (Wildman–Crippen MR) is 158 cm³/mol. The molecule has 2 aromatic heterocycles. The minimum atomic E-state index is -1.00. The summed E-state index contributed by atoms with van der Waals surface area (Å²) in [7, 11) is 0. The number of hydrogen-bond acceptors (Lipinski definition) is 6. The molecule has 0 radical (unpaired) electrons. The lowest BCUT2D eigenvalue weighted by molar-refractivity contribution is 0.0697. The van der Waals surface area contributed by atoms with Crippen molar-refractivity contribution < 1.29 is 19.1 Å². The van der Waals surface area contributed by atoms with Crippen LogP contribution >= 0.6 is 23.2 Å². The van der Waals surface area contributed by atoms with Crippen LogP contribution in [0.25, 0.3) is 33.5 Å². The maximum atomic E-state index is 13.6. The summed E-state index contributed by atoms with van der Waals surface area (Å²) in [5, 5.41) is 15.8. The normalized spacial score (nSPS) is 11.5. The molecule has 41 heavy (non-hydrogen) atoms. The Hall–Kier alpha value is -4.92. The van der Waals surface area contributed by atoms with Crippen LogP contribution in [0, 0.1) is 0 Å². The molecule has 10 heteroatoms. The molecule has 0 aliphatic rings. The number of aromatic nitrogens is 2. The second-order valence-corrected chi connectivity index (χ2v) is 9.95. The number of hydrogen-bond donors (Lipinski definition) is 1. The van der Waals surface area contributed by atoms with Gasteiger partial charge in [0, 0.05) is 21.0 Å². The Balaban J connectivity index is 1.40. The lowest BCUT2D eigenvalue weighted by Crippen LogP contribution is -2.20. The van der Waals surface area contributed by atoms with E-state index in [1.54, 1.807) is 78.9 Å². The number of furan rings is 1. The Bertz CT molecular complexity index is 2030. The molecule has 202 valence electrons. The molecule has 0 unspecified atom stereocenters. The van der Waals surface area contributed by atoms with E-state index < -0.39 is 5.97 Å². The minimum Gasteiger partial charge on any atom is -0.488 e. The summed E-state index contributed by atoms with van der Waals surface area (Å²) in [4.78, 5) is 29.4. The first-order valence-electron chi connectivity index (χ1n) is 12.4. The van der Waals surface area contributed by atoms with Gasteiger partial charge in [-0.05, 0) is 72.3 Å². The summed E-state index contributed by atoms with van der Waals surface area (Å²) in [5.41, 5.74) is 2.17. The number of nitrogens with zero attached hydrogens (tertiary/aromatic N) is 3. The third kappa shape index (κ3) is 5.43. The SMILES string of the molecule is O=C(O)c1ccc(COc2ccc(Cl)cc2C=Nn2c(-c3cc4cc(Cl)ccc4o3)nc3ccccc3c2=O)cc1. The first-order valence-corrected chi connectivity index (χ1v) is 13.1. The molecule has 0 saturated carbocycles. The van der Waals surface area contributed by atoms with Gasteiger partial charge in [0.2, 0.25) is 5.82 Å². The smallest absolute Gasteiger partial charge is 0.335 e. The van der Waals surface area contributed by atoms with E-state index in [0.717, 1.165) is 10.9 Å². The van der Waals surface area contributed by atoms with Crippen LogP contribution in [0.4, 0.5) is 0 Å². The van der Waals surface area contributed by atoms with E-state index in [0.29, 0.717) is 43.6 Å². The van der Waals surface area contributed by atoms with Gasteiger partial charge in [-0.15, -0.1) is 0 Å². The van der Waals surface area contributed by atoms with E-state index in [-0.39, 0.29) is 23.6 Å². The number of aromatic carboxylic acids is 1. The van der Waals surface area contributed by atoms with Crippen molar-refractivity contribution in [1.82, 2.24) is 9.66 Å². The average molecular weight is 584 g/mol. The van der Waals surface area contributed by atoms with Crippen LogP contribution in [0.3, 0.4) is 0 Å². The zero-order chi connectivity index (χ0) is 28.5. The molecule has 0 amide bonds. The molecule has 6 aromatic rings. The summed E-state index contributed by atoms with van der Waals surface area (Å²) < 4.78 is 13.2. The molecule has 0 spiro atoms. The predicted octanol–water partition coefficient (Wildman–Crippen LogP) is 7.28. The van der Waals surface area contributed by atoms with Gasteiger partial charge in [-0.1, -0.05) is 47.5 Å². The molecule has 0 bridgehead atoms. The van der Waals surface area contributed by atoms with Gasteiger partial charge in [-0.2, -0.15) is 9.78 Å².